The maximum atomic E-state index is 11.0. The Labute approximate surface area is 258 Å². The maximum Gasteiger partial charge on any atom is 0.269 e. The molecular formula is C34H25N5O2S2. The predicted octanol–water partition coefficient (Wildman–Crippen LogP) is 8.26. The molecule has 2 aromatic heterocycles. The molecule has 7 rings (SSSR count). The molecule has 0 bridgehead atoms. The molecule has 9 heteroatoms. The van der Waals surface area contributed by atoms with Gasteiger partial charge in [-0.15, -0.1) is 0 Å². The van der Waals surface area contributed by atoms with Crippen LogP contribution in [0.1, 0.15) is 23.5 Å². The van der Waals surface area contributed by atoms with Gasteiger partial charge in [0.05, 0.1) is 16.7 Å². The number of pyridine rings is 1. The lowest BCUT2D eigenvalue weighted by molar-refractivity contribution is -0.384. The van der Waals surface area contributed by atoms with Crippen molar-refractivity contribution in [2.24, 2.45) is 0 Å². The number of nitrogens with one attached hydrogen (secondary N) is 1. The summed E-state index contributed by atoms with van der Waals surface area (Å²) >= 11 is 7.52. The smallest absolute Gasteiger partial charge is 0.269 e. The third-order valence-electron chi connectivity index (χ3n) is 7.59. The zero-order valence-corrected chi connectivity index (χ0v) is 24.4. The second-order valence-corrected chi connectivity index (χ2v) is 11.7. The minimum Gasteiger partial charge on any atom is -0.351 e. The number of rotatable bonds is 7. The van der Waals surface area contributed by atoms with Crippen LogP contribution in [0.15, 0.2) is 144 Å². The topological polar surface area (TPSA) is 76.2 Å². The minimum absolute atomic E-state index is 0.0803. The van der Waals surface area contributed by atoms with Gasteiger partial charge in [-0.1, -0.05) is 48.2 Å². The van der Waals surface area contributed by atoms with E-state index >= 15 is 0 Å². The summed E-state index contributed by atoms with van der Waals surface area (Å²) in [6, 6.07) is 39.6. The summed E-state index contributed by atoms with van der Waals surface area (Å²) in [6.45, 7) is 0. The van der Waals surface area contributed by atoms with E-state index in [0.717, 1.165) is 32.6 Å². The monoisotopic (exact) mass is 599 g/mol. The first kappa shape index (κ1) is 26.9. The Balaban J connectivity index is 1.25. The summed E-state index contributed by atoms with van der Waals surface area (Å²) in [5.41, 5.74) is 4.11. The van der Waals surface area contributed by atoms with Crippen LogP contribution in [0, 0.1) is 10.1 Å². The molecule has 4 aromatic carbocycles. The Hall–Kier alpha value is -4.99. The van der Waals surface area contributed by atoms with Crippen molar-refractivity contribution >= 4 is 51.2 Å². The first-order chi connectivity index (χ1) is 21.0. The molecule has 3 heterocycles. The SMILES string of the molecule is O=[N+]([O-])c1ccc(Sc2ccc(N3C(=S)N[C@H](c4ccccn4)[C@@H]3c3cccn3-c3ccc4ccccc4c3)cc2)cc1. The number of hydrogen-bond donors (Lipinski definition) is 1. The summed E-state index contributed by atoms with van der Waals surface area (Å²) in [4.78, 5) is 19.4. The van der Waals surface area contributed by atoms with E-state index in [1.165, 1.54) is 22.9 Å². The number of anilines is 1. The van der Waals surface area contributed by atoms with Crippen molar-refractivity contribution in [2.75, 3.05) is 4.90 Å². The average molecular weight is 600 g/mol. The second kappa shape index (κ2) is 11.4. The van der Waals surface area contributed by atoms with Crippen molar-refractivity contribution < 1.29 is 4.92 Å². The van der Waals surface area contributed by atoms with Crippen molar-refractivity contribution in [1.82, 2.24) is 14.9 Å². The van der Waals surface area contributed by atoms with Gasteiger partial charge in [-0.3, -0.25) is 15.1 Å². The van der Waals surface area contributed by atoms with E-state index in [4.69, 9.17) is 17.2 Å². The fourth-order valence-corrected chi connectivity index (χ4v) is 6.74. The van der Waals surface area contributed by atoms with Gasteiger partial charge >= 0.3 is 0 Å². The first-order valence-electron chi connectivity index (χ1n) is 13.7. The summed E-state index contributed by atoms with van der Waals surface area (Å²) in [5.74, 6) is 0. The zero-order chi connectivity index (χ0) is 29.3. The number of nitro groups is 1. The van der Waals surface area contributed by atoms with Crippen LogP contribution in [0.2, 0.25) is 0 Å². The fourth-order valence-electron chi connectivity index (χ4n) is 5.58. The fraction of sp³-hybridized carbons (Fsp3) is 0.0588. The number of nitro benzene ring substituents is 1. The highest BCUT2D eigenvalue weighted by atomic mass is 32.2. The summed E-state index contributed by atoms with van der Waals surface area (Å²) in [6.07, 6.45) is 3.91. The standard InChI is InChI=1S/C34H25N5O2S2/c40-39(41)26-14-18-29(19-15-26)43-28-16-12-25(13-17-28)38-33(32(36-34(38)42)30-8-3-4-20-35-30)31-9-5-21-37(31)27-11-10-23-6-1-2-7-24(23)22-27/h1-22,32-33H,(H,36,42)/t32-,33+/m1/s1. The molecule has 1 aliphatic heterocycles. The van der Waals surface area contributed by atoms with Gasteiger partial charge in [0.1, 0.15) is 6.04 Å². The molecule has 0 amide bonds. The summed E-state index contributed by atoms with van der Waals surface area (Å²) in [7, 11) is 0. The third kappa shape index (κ3) is 5.24. The number of nitrogens with zero attached hydrogens (tertiary/aromatic N) is 4. The third-order valence-corrected chi connectivity index (χ3v) is 8.92. The van der Waals surface area contributed by atoms with E-state index in [9.17, 15) is 10.1 Å². The van der Waals surface area contributed by atoms with E-state index in [2.05, 4.69) is 99.8 Å². The Kier molecular flexibility index (Phi) is 7.10. The first-order valence-corrected chi connectivity index (χ1v) is 15.0. The van der Waals surface area contributed by atoms with Crippen LogP contribution in [0.25, 0.3) is 16.5 Å². The van der Waals surface area contributed by atoms with Gasteiger partial charge in [-0.25, -0.2) is 0 Å². The van der Waals surface area contributed by atoms with Crippen molar-refractivity contribution in [1.29, 1.82) is 0 Å². The number of aromatic nitrogens is 2. The van der Waals surface area contributed by atoms with Crippen molar-refractivity contribution in [2.45, 2.75) is 21.9 Å². The van der Waals surface area contributed by atoms with Crippen molar-refractivity contribution in [3.63, 3.8) is 0 Å². The van der Waals surface area contributed by atoms with Gasteiger partial charge in [0, 0.05) is 51.4 Å². The highest BCUT2D eigenvalue weighted by Gasteiger charge is 2.42. The molecule has 2 atom stereocenters. The number of thiocarbonyl (C=S) groups is 1. The Morgan fingerprint density at radius 2 is 1.49 bits per heavy atom. The van der Waals surface area contributed by atoms with Gasteiger partial charge in [-0.05, 0) is 95.8 Å². The lowest BCUT2D eigenvalue weighted by atomic mass is 10.0. The van der Waals surface area contributed by atoms with Crippen molar-refractivity contribution in [3.05, 3.63) is 155 Å². The molecule has 0 unspecified atom stereocenters. The molecule has 1 saturated heterocycles. The van der Waals surface area contributed by atoms with Crippen LogP contribution >= 0.6 is 24.0 Å². The van der Waals surface area contributed by atoms with E-state index in [-0.39, 0.29) is 22.7 Å². The largest absolute Gasteiger partial charge is 0.351 e. The molecule has 0 spiro atoms. The molecule has 0 saturated carbocycles. The molecule has 43 heavy (non-hydrogen) atoms. The Bertz CT molecular complexity index is 1940. The molecule has 210 valence electrons. The minimum atomic E-state index is -0.388. The van der Waals surface area contributed by atoms with Gasteiger partial charge in [0.2, 0.25) is 0 Å². The number of hydrogen-bond acceptors (Lipinski definition) is 5. The molecule has 1 N–H and O–H groups in total. The van der Waals surface area contributed by atoms with Gasteiger partial charge in [0.25, 0.3) is 5.69 Å². The van der Waals surface area contributed by atoms with E-state index in [0.29, 0.717) is 5.11 Å². The molecule has 0 aliphatic carbocycles. The predicted molar refractivity (Wildman–Crippen MR) is 175 cm³/mol. The second-order valence-electron chi connectivity index (χ2n) is 10.2. The van der Waals surface area contributed by atoms with Crippen LogP contribution in [-0.2, 0) is 0 Å². The quantitative estimate of drug-likeness (QED) is 0.112. The zero-order valence-electron chi connectivity index (χ0n) is 22.8. The molecular weight excluding hydrogens is 575 g/mol. The maximum absolute atomic E-state index is 11.0. The summed E-state index contributed by atoms with van der Waals surface area (Å²) < 4.78 is 2.23. The number of non-ortho nitro benzene ring substituents is 1. The average Bonchev–Trinajstić information content (AvgIpc) is 3.66. The van der Waals surface area contributed by atoms with E-state index in [1.54, 1.807) is 23.9 Å². The molecule has 1 fully saturated rings. The molecule has 6 aromatic rings. The van der Waals surface area contributed by atoms with Crippen LogP contribution in [0.5, 0.6) is 0 Å². The molecule has 1 aliphatic rings. The Morgan fingerprint density at radius 3 is 2.21 bits per heavy atom. The lowest BCUT2D eigenvalue weighted by Gasteiger charge is -2.29. The number of benzene rings is 4. The number of fused-ring (bicyclic) bond motifs is 1. The molecule has 7 nitrogen and oxygen atoms in total. The molecule has 0 radical (unpaired) electrons. The van der Waals surface area contributed by atoms with Crippen LogP contribution in [0.3, 0.4) is 0 Å². The highest BCUT2D eigenvalue weighted by molar-refractivity contribution is 7.99. The van der Waals surface area contributed by atoms with Crippen molar-refractivity contribution in [3.8, 4) is 5.69 Å². The van der Waals surface area contributed by atoms with Crippen LogP contribution in [-0.4, -0.2) is 19.6 Å². The Morgan fingerprint density at radius 1 is 0.791 bits per heavy atom. The summed E-state index contributed by atoms with van der Waals surface area (Å²) in [5, 5.41) is 17.6. The van der Waals surface area contributed by atoms with Crippen LogP contribution in [0.4, 0.5) is 11.4 Å². The van der Waals surface area contributed by atoms with Crippen LogP contribution < -0.4 is 10.2 Å². The van der Waals surface area contributed by atoms with E-state index < -0.39 is 0 Å². The highest BCUT2D eigenvalue weighted by Crippen LogP contribution is 2.43. The van der Waals surface area contributed by atoms with E-state index in [1.807, 2.05) is 24.4 Å². The normalized spacial score (nSPS) is 16.4. The van der Waals surface area contributed by atoms with Gasteiger partial charge < -0.3 is 14.8 Å². The van der Waals surface area contributed by atoms with Gasteiger partial charge in [0.15, 0.2) is 5.11 Å². The lowest BCUT2D eigenvalue weighted by Crippen LogP contribution is -2.30. The van der Waals surface area contributed by atoms with Gasteiger partial charge in [-0.2, -0.15) is 0 Å².